The first-order valence-corrected chi connectivity index (χ1v) is 29.0. The van der Waals surface area contributed by atoms with Gasteiger partial charge in [0.05, 0.1) is 0 Å². The minimum Gasteiger partial charge on any atom is -0.462 e. The predicted octanol–water partition coefficient (Wildman–Crippen LogP) is 19.5. The smallest absolute Gasteiger partial charge is 0.306 e. The van der Waals surface area contributed by atoms with Crippen LogP contribution in [0.3, 0.4) is 0 Å². The van der Waals surface area contributed by atoms with Gasteiger partial charge in [0, 0.05) is 19.3 Å². The summed E-state index contributed by atoms with van der Waals surface area (Å²) in [4.78, 5) is 38.2. The molecular formula is C64H106O6. The van der Waals surface area contributed by atoms with E-state index < -0.39 is 6.10 Å². The van der Waals surface area contributed by atoms with Crippen LogP contribution in [0.15, 0.2) is 109 Å². The standard InChI is InChI=1S/C64H106O6/c1-4-7-10-13-16-19-22-25-28-30-32-34-36-39-42-45-48-51-54-57-63(66)69-60-61(59-68-62(65)56-53-50-47-44-41-38-35-27-24-21-18-15-12-9-6-3)70-64(67)58-55-52-49-46-43-40-37-33-31-29-26-23-20-17-14-11-8-5-2/h7,9-10,12,15-16,18-19,21,24-25,27-28,33,35,37-38,41,61H,4-6,8,11,13-14,17,20,22-23,26,29-32,34,36,39-40,42-60H2,1-3H3/b10-7-,12-9-,18-15-,19-16-,24-21-,28-25-,35-27-,37-33-,41-38-. The van der Waals surface area contributed by atoms with E-state index in [2.05, 4.69) is 81.5 Å². The number of carbonyl (C=O) groups excluding carboxylic acids is 3. The van der Waals surface area contributed by atoms with Crippen LogP contribution in [0.1, 0.15) is 258 Å². The lowest BCUT2D eigenvalue weighted by atomic mass is 10.1. The molecule has 0 rings (SSSR count). The van der Waals surface area contributed by atoms with Crippen LogP contribution in [0.25, 0.3) is 0 Å². The number of rotatable bonds is 51. The molecule has 1 atom stereocenters. The number of esters is 3. The molecule has 0 saturated heterocycles. The molecule has 0 bridgehead atoms. The molecule has 0 N–H and O–H groups in total. The Morgan fingerprint density at radius 2 is 0.629 bits per heavy atom. The van der Waals surface area contributed by atoms with E-state index >= 15 is 0 Å². The lowest BCUT2D eigenvalue weighted by Crippen LogP contribution is -2.30. The molecule has 1 unspecified atom stereocenters. The summed E-state index contributed by atoms with van der Waals surface area (Å²) < 4.78 is 16.8. The topological polar surface area (TPSA) is 78.9 Å². The Bertz CT molecular complexity index is 1440. The first kappa shape index (κ1) is 66.1. The summed E-state index contributed by atoms with van der Waals surface area (Å²) in [6, 6.07) is 0. The monoisotopic (exact) mass is 971 g/mol. The van der Waals surface area contributed by atoms with Crippen LogP contribution in [0.4, 0.5) is 0 Å². The Balaban J connectivity index is 4.46. The molecule has 0 aromatic heterocycles. The van der Waals surface area contributed by atoms with Crippen molar-refractivity contribution in [3.8, 4) is 0 Å². The zero-order valence-electron chi connectivity index (χ0n) is 45.5. The average Bonchev–Trinajstić information content (AvgIpc) is 3.36. The van der Waals surface area contributed by atoms with Gasteiger partial charge in [-0.05, 0) is 96.3 Å². The van der Waals surface area contributed by atoms with Gasteiger partial charge in [-0.3, -0.25) is 14.4 Å². The molecule has 0 fully saturated rings. The average molecular weight is 972 g/mol. The Morgan fingerprint density at radius 3 is 1.07 bits per heavy atom. The van der Waals surface area contributed by atoms with E-state index in [0.717, 1.165) is 103 Å². The van der Waals surface area contributed by atoms with Gasteiger partial charge in [0.2, 0.25) is 0 Å². The lowest BCUT2D eigenvalue weighted by Gasteiger charge is -2.18. The van der Waals surface area contributed by atoms with Crippen LogP contribution in [0.5, 0.6) is 0 Å². The third kappa shape index (κ3) is 55.0. The summed E-state index contributed by atoms with van der Waals surface area (Å²) in [6.07, 6.45) is 77.9. The van der Waals surface area contributed by atoms with E-state index in [1.54, 1.807) is 0 Å². The molecular weight excluding hydrogens is 865 g/mol. The molecule has 0 spiro atoms. The highest BCUT2D eigenvalue weighted by molar-refractivity contribution is 5.71. The molecule has 0 aliphatic rings. The van der Waals surface area contributed by atoms with Gasteiger partial charge in [0.1, 0.15) is 13.2 Å². The fourth-order valence-corrected chi connectivity index (χ4v) is 7.83. The Morgan fingerprint density at radius 1 is 0.314 bits per heavy atom. The summed E-state index contributed by atoms with van der Waals surface area (Å²) in [5.41, 5.74) is 0. The highest BCUT2D eigenvalue weighted by Gasteiger charge is 2.19. The molecule has 0 aromatic rings. The van der Waals surface area contributed by atoms with E-state index in [9.17, 15) is 14.4 Å². The minimum absolute atomic E-state index is 0.0994. The normalized spacial score (nSPS) is 12.9. The largest absolute Gasteiger partial charge is 0.462 e. The van der Waals surface area contributed by atoms with E-state index in [4.69, 9.17) is 14.2 Å². The highest BCUT2D eigenvalue weighted by Crippen LogP contribution is 2.15. The van der Waals surface area contributed by atoms with Crippen LogP contribution in [-0.2, 0) is 28.6 Å². The Labute approximate surface area is 431 Å². The SMILES string of the molecule is CC\C=C/C=C\C=C/C=C\C=C/CCCCCC(=O)OCC(COC(=O)CCCCCCCCCCC/C=C\C/C=C\C/C=C\CC)OC(=O)CCCCCCC/C=C\CCCCCCCCCCC. The molecule has 70 heavy (non-hydrogen) atoms. The fraction of sp³-hybridized carbons (Fsp3) is 0.672. The van der Waals surface area contributed by atoms with Gasteiger partial charge in [0.15, 0.2) is 6.10 Å². The summed E-state index contributed by atoms with van der Waals surface area (Å²) in [7, 11) is 0. The molecule has 0 aliphatic heterocycles. The summed E-state index contributed by atoms with van der Waals surface area (Å²) in [5, 5.41) is 0. The molecule has 0 aromatic carbocycles. The molecule has 6 nitrogen and oxygen atoms in total. The van der Waals surface area contributed by atoms with Gasteiger partial charge in [-0.2, -0.15) is 0 Å². The van der Waals surface area contributed by atoms with Crippen molar-refractivity contribution >= 4 is 17.9 Å². The molecule has 0 radical (unpaired) electrons. The first-order valence-electron chi connectivity index (χ1n) is 29.0. The minimum atomic E-state index is -0.805. The fourth-order valence-electron chi connectivity index (χ4n) is 7.83. The third-order valence-electron chi connectivity index (χ3n) is 12.1. The zero-order valence-corrected chi connectivity index (χ0v) is 45.5. The lowest BCUT2D eigenvalue weighted by molar-refractivity contribution is -0.167. The van der Waals surface area contributed by atoms with Crippen molar-refractivity contribution in [1.82, 2.24) is 0 Å². The number of unbranched alkanes of at least 4 members (excludes halogenated alkanes) is 26. The van der Waals surface area contributed by atoms with Crippen LogP contribution >= 0.6 is 0 Å². The van der Waals surface area contributed by atoms with Crippen molar-refractivity contribution in [3.63, 3.8) is 0 Å². The maximum absolute atomic E-state index is 12.9. The van der Waals surface area contributed by atoms with E-state index in [1.807, 2.05) is 48.6 Å². The number of hydrogen-bond acceptors (Lipinski definition) is 6. The van der Waals surface area contributed by atoms with Gasteiger partial charge in [-0.15, -0.1) is 0 Å². The van der Waals surface area contributed by atoms with Gasteiger partial charge >= 0.3 is 17.9 Å². The third-order valence-corrected chi connectivity index (χ3v) is 12.1. The molecule has 0 heterocycles. The number of ether oxygens (including phenoxy) is 3. The molecule has 0 saturated carbocycles. The second kappa shape index (κ2) is 57.6. The molecule has 0 aliphatic carbocycles. The Hall–Kier alpha value is -3.93. The molecule has 398 valence electrons. The van der Waals surface area contributed by atoms with E-state index in [0.29, 0.717) is 19.3 Å². The number of carbonyl (C=O) groups is 3. The summed E-state index contributed by atoms with van der Waals surface area (Å²) in [6.45, 7) is 6.35. The summed E-state index contributed by atoms with van der Waals surface area (Å²) >= 11 is 0. The quantitative estimate of drug-likeness (QED) is 0.0199. The van der Waals surface area contributed by atoms with Crippen molar-refractivity contribution < 1.29 is 28.6 Å². The van der Waals surface area contributed by atoms with Gasteiger partial charge in [-0.1, -0.05) is 252 Å². The van der Waals surface area contributed by atoms with Crippen LogP contribution in [0, 0.1) is 0 Å². The molecule has 0 amide bonds. The predicted molar refractivity (Wildman–Crippen MR) is 302 cm³/mol. The number of allylic oxidation sites excluding steroid dienone is 18. The second-order valence-corrected chi connectivity index (χ2v) is 18.9. The maximum atomic E-state index is 12.9. The van der Waals surface area contributed by atoms with Crippen molar-refractivity contribution in [2.45, 2.75) is 264 Å². The second-order valence-electron chi connectivity index (χ2n) is 18.9. The van der Waals surface area contributed by atoms with Crippen LogP contribution < -0.4 is 0 Å². The van der Waals surface area contributed by atoms with Crippen LogP contribution in [-0.4, -0.2) is 37.2 Å². The number of hydrogen-bond donors (Lipinski definition) is 0. The van der Waals surface area contributed by atoms with E-state index in [-0.39, 0.29) is 31.1 Å². The van der Waals surface area contributed by atoms with Crippen molar-refractivity contribution in [1.29, 1.82) is 0 Å². The van der Waals surface area contributed by atoms with Crippen molar-refractivity contribution in [2.24, 2.45) is 0 Å². The first-order chi connectivity index (χ1) is 34.5. The highest BCUT2D eigenvalue weighted by atomic mass is 16.6. The van der Waals surface area contributed by atoms with Crippen molar-refractivity contribution in [2.75, 3.05) is 13.2 Å². The van der Waals surface area contributed by atoms with Gasteiger partial charge in [0.25, 0.3) is 0 Å². The van der Waals surface area contributed by atoms with Crippen LogP contribution in [0.2, 0.25) is 0 Å². The van der Waals surface area contributed by atoms with Gasteiger partial charge in [-0.25, -0.2) is 0 Å². The zero-order chi connectivity index (χ0) is 50.7. The molecule has 6 heteroatoms. The Kier molecular flexibility index (Phi) is 54.4. The van der Waals surface area contributed by atoms with Gasteiger partial charge < -0.3 is 14.2 Å². The summed E-state index contributed by atoms with van der Waals surface area (Å²) in [5.74, 6) is -0.954. The van der Waals surface area contributed by atoms with Crippen molar-refractivity contribution in [3.05, 3.63) is 109 Å². The van der Waals surface area contributed by atoms with E-state index in [1.165, 1.54) is 116 Å². The maximum Gasteiger partial charge on any atom is 0.306 e.